The van der Waals surface area contributed by atoms with Crippen LogP contribution in [0.5, 0.6) is 11.5 Å². The molecule has 1 N–H and O–H groups in total. The summed E-state index contributed by atoms with van der Waals surface area (Å²) >= 11 is 0. The summed E-state index contributed by atoms with van der Waals surface area (Å²) in [6, 6.07) is 10.5. The number of nitrogens with one attached hydrogen (secondary N) is 1. The van der Waals surface area contributed by atoms with Gasteiger partial charge in [0.1, 0.15) is 0 Å². The third kappa shape index (κ3) is 3.73. The molecule has 0 fully saturated rings. The molecule has 0 radical (unpaired) electrons. The van der Waals surface area contributed by atoms with Crippen LogP contribution in [0.25, 0.3) is 0 Å². The summed E-state index contributed by atoms with van der Waals surface area (Å²) in [5.74, 6) is 1.50. The number of nitrogens with zero attached hydrogens (tertiary/aromatic N) is 1. The monoisotopic (exact) mass is 286 g/mol. The molecule has 112 valence electrons. The smallest absolute Gasteiger partial charge is 0.161 e. The Hall–Kier alpha value is -2.07. The van der Waals surface area contributed by atoms with Gasteiger partial charge in [0.2, 0.25) is 0 Å². The van der Waals surface area contributed by atoms with Gasteiger partial charge in [-0.15, -0.1) is 0 Å². The van der Waals surface area contributed by atoms with Crippen molar-refractivity contribution in [1.29, 1.82) is 0 Å². The molecule has 0 bridgehead atoms. The van der Waals surface area contributed by atoms with Gasteiger partial charge in [0.15, 0.2) is 11.5 Å². The molecule has 2 rings (SSSR count). The van der Waals surface area contributed by atoms with Gasteiger partial charge in [-0.25, -0.2) is 0 Å². The molecule has 0 saturated carbocycles. The number of pyridine rings is 1. The minimum Gasteiger partial charge on any atom is -0.493 e. The number of rotatable bonds is 6. The standard InChI is InChI=1S/C17H22N2O2/c1-12(14-7-9-18-10-8-14)19-13(2)15-5-6-16(20-3)17(11-15)21-4/h5-13,19H,1-4H3/t12-,13?/m0/s1. The fourth-order valence-electron chi connectivity index (χ4n) is 2.34. The average Bonchev–Trinajstić information content (AvgIpc) is 2.54. The van der Waals surface area contributed by atoms with Crippen molar-refractivity contribution in [3.8, 4) is 11.5 Å². The summed E-state index contributed by atoms with van der Waals surface area (Å²) < 4.78 is 10.6. The lowest BCUT2D eigenvalue weighted by Crippen LogP contribution is -2.22. The van der Waals surface area contributed by atoms with Crippen molar-refractivity contribution in [2.75, 3.05) is 14.2 Å². The fourth-order valence-corrected chi connectivity index (χ4v) is 2.34. The van der Waals surface area contributed by atoms with Crippen LogP contribution < -0.4 is 14.8 Å². The van der Waals surface area contributed by atoms with Crippen LogP contribution in [0.3, 0.4) is 0 Å². The van der Waals surface area contributed by atoms with E-state index in [1.165, 1.54) is 5.56 Å². The summed E-state index contributed by atoms with van der Waals surface area (Å²) in [5.41, 5.74) is 2.38. The lowest BCUT2D eigenvalue weighted by molar-refractivity contribution is 0.353. The molecular weight excluding hydrogens is 264 g/mol. The van der Waals surface area contributed by atoms with Crippen LogP contribution in [0.4, 0.5) is 0 Å². The van der Waals surface area contributed by atoms with Gasteiger partial charge in [0.05, 0.1) is 14.2 Å². The molecule has 1 aromatic carbocycles. The van der Waals surface area contributed by atoms with E-state index in [1.54, 1.807) is 14.2 Å². The Bertz CT molecular complexity index is 572. The van der Waals surface area contributed by atoms with Crippen LogP contribution in [0.15, 0.2) is 42.7 Å². The highest BCUT2D eigenvalue weighted by Crippen LogP contribution is 2.30. The first-order valence-corrected chi connectivity index (χ1v) is 7.03. The quantitative estimate of drug-likeness (QED) is 0.882. The molecule has 2 atom stereocenters. The molecule has 0 aliphatic heterocycles. The van der Waals surface area contributed by atoms with Crippen LogP contribution in [0.2, 0.25) is 0 Å². The van der Waals surface area contributed by atoms with E-state index >= 15 is 0 Å². The van der Waals surface area contributed by atoms with Gasteiger partial charge in [-0.3, -0.25) is 4.98 Å². The van der Waals surface area contributed by atoms with Crippen molar-refractivity contribution in [1.82, 2.24) is 10.3 Å². The Balaban J connectivity index is 2.11. The highest BCUT2D eigenvalue weighted by Gasteiger charge is 2.13. The van der Waals surface area contributed by atoms with Crippen molar-refractivity contribution in [2.45, 2.75) is 25.9 Å². The molecule has 0 spiro atoms. The molecule has 4 nitrogen and oxygen atoms in total. The van der Waals surface area contributed by atoms with Crippen LogP contribution >= 0.6 is 0 Å². The zero-order valence-electron chi connectivity index (χ0n) is 13.0. The van der Waals surface area contributed by atoms with Crippen molar-refractivity contribution >= 4 is 0 Å². The van der Waals surface area contributed by atoms with Crippen LogP contribution in [0.1, 0.15) is 37.1 Å². The largest absolute Gasteiger partial charge is 0.493 e. The van der Waals surface area contributed by atoms with Crippen LogP contribution in [-0.2, 0) is 0 Å². The van der Waals surface area contributed by atoms with Crippen LogP contribution in [0, 0.1) is 0 Å². The van der Waals surface area contributed by atoms with E-state index in [0.717, 1.165) is 17.1 Å². The first-order chi connectivity index (χ1) is 10.2. The van der Waals surface area contributed by atoms with E-state index in [1.807, 2.05) is 36.7 Å². The van der Waals surface area contributed by atoms with E-state index in [4.69, 9.17) is 9.47 Å². The topological polar surface area (TPSA) is 43.4 Å². The Morgan fingerprint density at radius 3 is 2.10 bits per heavy atom. The predicted molar refractivity (Wildman–Crippen MR) is 83.7 cm³/mol. The van der Waals surface area contributed by atoms with Gasteiger partial charge >= 0.3 is 0 Å². The summed E-state index contributed by atoms with van der Waals surface area (Å²) in [7, 11) is 3.30. The number of benzene rings is 1. The van der Waals surface area contributed by atoms with Crippen molar-refractivity contribution in [3.05, 3.63) is 53.9 Å². The second-order valence-electron chi connectivity index (χ2n) is 5.01. The molecule has 1 aromatic heterocycles. The summed E-state index contributed by atoms with van der Waals surface area (Å²) in [6.45, 7) is 4.28. The second-order valence-corrected chi connectivity index (χ2v) is 5.01. The molecule has 0 aliphatic carbocycles. The van der Waals surface area contributed by atoms with E-state index in [-0.39, 0.29) is 12.1 Å². The minimum atomic E-state index is 0.202. The maximum absolute atomic E-state index is 5.36. The van der Waals surface area contributed by atoms with Gasteiger partial charge in [-0.05, 0) is 49.2 Å². The van der Waals surface area contributed by atoms with E-state index in [2.05, 4.69) is 30.2 Å². The maximum atomic E-state index is 5.36. The number of hydrogen-bond donors (Lipinski definition) is 1. The van der Waals surface area contributed by atoms with E-state index in [9.17, 15) is 0 Å². The summed E-state index contributed by atoms with van der Waals surface area (Å²) in [5, 5.41) is 3.58. The van der Waals surface area contributed by atoms with Crippen molar-refractivity contribution in [3.63, 3.8) is 0 Å². The minimum absolute atomic E-state index is 0.202. The molecular formula is C17H22N2O2. The second kappa shape index (κ2) is 7.09. The summed E-state index contributed by atoms with van der Waals surface area (Å²) in [4.78, 5) is 4.05. The number of aromatic nitrogens is 1. The number of ether oxygens (including phenoxy) is 2. The predicted octanol–water partition coefficient (Wildman–Crippen LogP) is 3.51. The molecule has 0 saturated heterocycles. The maximum Gasteiger partial charge on any atom is 0.161 e. The SMILES string of the molecule is COc1ccc(C(C)N[C@@H](C)c2ccncc2)cc1OC. The lowest BCUT2D eigenvalue weighted by Gasteiger charge is -2.21. The van der Waals surface area contributed by atoms with Crippen molar-refractivity contribution in [2.24, 2.45) is 0 Å². The normalized spacial score (nSPS) is 13.5. The third-order valence-electron chi connectivity index (χ3n) is 3.61. The van der Waals surface area contributed by atoms with E-state index < -0.39 is 0 Å². The molecule has 0 aliphatic rings. The van der Waals surface area contributed by atoms with Gasteiger partial charge < -0.3 is 14.8 Å². The average molecular weight is 286 g/mol. The lowest BCUT2D eigenvalue weighted by atomic mass is 10.0. The highest BCUT2D eigenvalue weighted by atomic mass is 16.5. The van der Waals surface area contributed by atoms with Crippen molar-refractivity contribution < 1.29 is 9.47 Å². The Morgan fingerprint density at radius 1 is 0.857 bits per heavy atom. The van der Waals surface area contributed by atoms with E-state index in [0.29, 0.717) is 0 Å². The zero-order chi connectivity index (χ0) is 15.2. The molecule has 4 heteroatoms. The highest BCUT2D eigenvalue weighted by molar-refractivity contribution is 5.43. The number of hydrogen-bond acceptors (Lipinski definition) is 4. The molecule has 2 aromatic rings. The van der Waals surface area contributed by atoms with Gasteiger partial charge in [0.25, 0.3) is 0 Å². The first-order valence-electron chi connectivity index (χ1n) is 7.03. The summed E-state index contributed by atoms with van der Waals surface area (Å²) in [6.07, 6.45) is 3.63. The fraction of sp³-hybridized carbons (Fsp3) is 0.353. The van der Waals surface area contributed by atoms with Crippen LogP contribution in [-0.4, -0.2) is 19.2 Å². The van der Waals surface area contributed by atoms with Gasteiger partial charge in [0, 0.05) is 24.5 Å². The number of methoxy groups -OCH3 is 2. The Labute approximate surface area is 126 Å². The zero-order valence-corrected chi connectivity index (χ0v) is 13.0. The molecule has 1 unspecified atom stereocenters. The first kappa shape index (κ1) is 15.3. The Morgan fingerprint density at radius 2 is 1.48 bits per heavy atom. The van der Waals surface area contributed by atoms with Gasteiger partial charge in [-0.2, -0.15) is 0 Å². The third-order valence-corrected chi connectivity index (χ3v) is 3.61. The Kier molecular flexibility index (Phi) is 5.17. The van der Waals surface area contributed by atoms with Gasteiger partial charge in [-0.1, -0.05) is 6.07 Å². The molecule has 1 heterocycles. The molecule has 21 heavy (non-hydrogen) atoms. The molecule has 0 amide bonds.